The van der Waals surface area contributed by atoms with Crippen LogP contribution in [-0.2, 0) is 35.8 Å². The number of carboxylic acid groups (broad SMARTS) is 1. The number of methoxy groups -OCH3 is 2. The Labute approximate surface area is 254 Å². The summed E-state index contributed by atoms with van der Waals surface area (Å²) in [4.78, 5) is 41.0. The molecule has 0 saturated carbocycles. The van der Waals surface area contributed by atoms with Crippen LogP contribution in [0.5, 0.6) is 5.75 Å². The number of aryl methyl sites for hydroxylation is 1. The smallest absolute Gasteiger partial charge is 0.407 e. The van der Waals surface area contributed by atoms with Gasteiger partial charge < -0.3 is 34.3 Å². The number of ether oxygens (including phenoxy) is 4. The number of aliphatic carboxylic acids is 1. The van der Waals surface area contributed by atoms with E-state index in [1.807, 2.05) is 45.0 Å². The molecule has 2 amide bonds. The van der Waals surface area contributed by atoms with Gasteiger partial charge in [0.05, 0.1) is 20.3 Å². The van der Waals surface area contributed by atoms with Crippen LogP contribution < -0.4 is 10.1 Å². The van der Waals surface area contributed by atoms with Crippen LogP contribution in [0.25, 0.3) is 10.8 Å². The Bertz CT molecular complexity index is 1350. The molecule has 10 nitrogen and oxygen atoms in total. The maximum atomic E-state index is 14.1. The monoisotopic (exact) mass is 598 g/mol. The Morgan fingerprint density at radius 2 is 1.86 bits per heavy atom. The third kappa shape index (κ3) is 7.24. The van der Waals surface area contributed by atoms with Crippen LogP contribution in [0.4, 0.5) is 4.79 Å². The molecule has 0 unspecified atom stereocenters. The van der Waals surface area contributed by atoms with Gasteiger partial charge in [-0.1, -0.05) is 46.8 Å². The molecular weight excluding hydrogens is 552 g/mol. The predicted molar refractivity (Wildman–Crippen MR) is 162 cm³/mol. The highest BCUT2D eigenvalue weighted by Gasteiger charge is 2.53. The molecule has 4 rings (SSSR count). The number of fused-ring (bicyclic) bond motifs is 5. The number of carbonyl (C=O) groups is 3. The number of nitrogens with zero attached hydrogens (tertiary/aromatic N) is 1. The van der Waals surface area contributed by atoms with Crippen molar-refractivity contribution in [1.82, 2.24) is 10.2 Å². The van der Waals surface area contributed by atoms with E-state index in [4.69, 9.17) is 18.9 Å². The molecule has 0 radical (unpaired) electrons. The Hall–Kier alpha value is -3.37. The third-order valence-electron chi connectivity index (χ3n) is 8.80. The standard InChI is InChI=1S/C33H46N2O8/c1-31(2,3)27-28(36)35-19-33(43-20-40-6,18-25(35)29(37)38)24-11-10-21-17-26(41-7)22(15-23(21)16-24)9-8-12-32(4,5)13-14-42-30(39)34-27/h10-11,15-17,25,27H,8-9,12-14,18-20H2,1-7H3,(H,34,39)(H,37,38)/t25-,27+,33-/m0/s1. The van der Waals surface area contributed by atoms with Gasteiger partial charge in [0.25, 0.3) is 0 Å². The number of rotatable bonds is 5. The van der Waals surface area contributed by atoms with E-state index >= 15 is 0 Å². The van der Waals surface area contributed by atoms with Crippen LogP contribution in [0.3, 0.4) is 0 Å². The van der Waals surface area contributed by atoms with E-state index in [1.54, 1.807) is 7.11 Å². The van der Waals surface area contributed by atoms with Gasteiger partial charge in [0.15, 0.2) is 0 Å². The van der Waals surface area contributed by atoms with Crippen LogP contribution in [0, 0.1) is 10.8 Å². The number of nitrogens with one attached hydrogen (secondary N) is 1. The average Bonchev–Trinajstić information content (AvgIpc) is 3.34. The van der Waals surface area contributed by atoms with Crippen molar-refractivity contribution < 1.29 is 38.4 Å². The Morgan fingerprint density at radius 3 is 2.51 bits per heavy atom. The number of benzene rings is 2. The topological polar surface area (TPSA) is 124 Å². The van der Waals surface area contributed by atoms with Crippen molar-refractivity contribution in [1.29, 1.82) is 0 Å². The van der Waals surface area contributed by atoms with Crippen molar-refractivity contribution >= 4 is 28.7 Å². The quantitative estimate of drug-likeness (QED) is 0.448. The summed E-state index contributed by atoms with van der Waals surface area (Å²) < 4.78 is 22.8. The molecule has 2 heterocycles. The second-order valence-electron chi connectivity index (χ2n) is 13.6. The zero-order valence-corrected chi connectivity index (χ0v) is 26.5. The Morgan fingerprint density at radius 1 is 1.12 bits per heavy atom. The summed E-state index contributed by atoms with van der Waals surface area (Å²) in [5, 5.41) is 15.0. The maximum absolute atomic E-state index is 14.1. The van der Waals surface area contributed by atoms with E-state index in [9.17, 15) is 19.5 Å². The second-order valence-corrected chi connectivity index (χ2v) is 13.6. The predicted octanol–water partition coefficient (Wildman–Crippen LogP) is 5.24. The number of amides is 2. The summed E-state index contributed by atoms with van der Waals surface area (Å²) in [6.45, 7) is 9.84. The molecule has 1 saturated heterocycles. The normalized spacial score (nSPS) is 25.1. The molecule has 0 aliphatic carbocycles. The minimum atomic E-state index is -1.18. The molecule has 2 N–H and O–H groups in total. The molecular formula is C33H46N2O8. The molecule has 2 aromatic carbocycles. The highest BCUT2D eigenvalue weighted by atomic mass is 16.7. The van der Waals surface area contributed by atoms with Crippen LogP contribution in [-0.4, -0.2) is 74.2 Å². The summed E-state index contributed by atoms with van der Waals surface area (Å²) in [5.41, 5.74) is -0.145. The highest BCUT2D eigenvalue weighted by Crippen LogP contribution is 2.42. The lowest BCUT2D eigenvalue weighted by Gasteiger charge is -2.35. The largest absolute Gasteiger partial charge is 0.496 e. The molecule has 3 atom stereocenters. The lowest BCUT2D eigenvalue weighted by atomic mass is 9.83. The molecule has 5 bridgehead atoms. The van der Waals surface area contributed by atoms with E-state index in [0.29, 0.717) is 6.42 Å². The summed E-state index contributed by atoms with van der Waals surface area (Å²) in [6.07, 6.45) is 2.60. The second kappa shape index (κ2) is 12.7. The summed E-state index contributed by atoms with van der Waals surface area (Å²) in [6, 6.07) is 7.82. The van der Waals surface area contributed by atoms with Crippen molar-refractivity contribution in [2.75, 3.05) is 34.2 Å². The molecule has 1 fully saturated rings. The van der Waals surface area contributed by atoms with Gasteiger partial charge in [-0.25, -0.2) is 9.59 Å². The molecule has 0 spiro atoms. The minimum Gasteiger partial charge on any atom is -0.496 e. The van der Waals surface area contributed by atoms with Gasteiger partial charge in [-0.05, 0) is 76.6 Å². The highest BCUT2D eigenvalue weighted by molar-refractivity contribution is 5.91. The van der Waals surface area contributed by atoms with Crippen LogP contribution in [0.1, 0.15) is 71.4 Å². The van der Waals surface area contributed by atoms with E-state index in [-0.39, 0.29) is 31.8 Å². The lowest BCUT2D eigenvalue weighted by molar-refractivity contribution is -0.150. The van der Waals surface area contributed by atoms with Crippen molar-refractivity contribution in [2.45, 2.75) is 84.4 Å². The van der Waals surface area contributed by atoms with Crippen molar-refractivity contribution in [3.05, 3.63) is 41.5 Å². The van der Waals surface area contributed by atoms with Gasteiger partial charge in [0.1, 0.15) is 30.2 Å². The number of cyclic esters (lactones) is 1. The molecule has 0 aromatic heterocycles. The van der Waals surface area contributed by atoms with E-state index < -0.39 is 41.1 Å². The van der Waals surface area contributed by atoms with Crippen molar-refractivity contribution in [2.24, 2.45) is 10.8 Å². The van der Waals surface area contributed by atoms with Gasteiger partial charge >= 0.3 is 12.1 Å². The van der Waals surface area contributed by atoms with Gasteiger partial charge in [-0.2, -0.15) is 0 Å². The first-order valence-corrected chi connectivity index (χ1v) is 14.9. The molecule has 2 aliphatic rings. The molecule has 2 aromatic rings. The molecule has 2 aliphatic heterocycles. The van der Waals surface area contributed by atoms with Crippen molar-refractivity contribution in [3.8, 4) is 5.75 Å². The molecule has 10 heteroatoms. The van der Waals surface area contributed by atoms with Gasteiger partial charge in [-0.15, -0.1) is 0 Å². The maximum Gasteiger partial charge on any atom is 0.407 e. The summed E-state index contributed by atoms with van der Waals surface area (Å²) in [7, 11) is 3.17. The number of carbonyl (C=O) groups excluding carboxylic acids is 2. The van der Waals surface area contributed by atoms with Crippen LogP contribution in [0.2, 0.25) is 0 Å². The fourth-order valence-electron chi connectivity index (χ4n) is 6.16. The molecule has 43 heavy (non-hydrogen) atoms. The number of hydrogen-bond donors (Lipinski definition) is 2. The van der Waals surface area contributed by atoms with Gasteiger partial charge in [-0.3, -0.25) is 4.79 Å². The third-order valence-corrected chi connectivity index (χ3v) is 8.80. The first kappa shape index (κ1) is 32.5. The van der Waals surface area contributed by atoms with E-state index in [1.165, 1.54) is 12.0 Å². The van der Waals surface area contributed by atoms with Crippen LogP contribution >= 0.6 is 0 Å². The fourth-order valence-corrected chi connectivity index (χ4v) is 6.16. The first-order chi connectivity index (χ1) is 20.2. The van der Waals surface area contributed by atoms with Crippen molar-refractivity contribution in [3.63, 3.8) is 0 Å². The lowest BCUT2D eigenvalue weighted by Crippen LogP contribution is -2.57. The minimum absolute atomic E-state index is 0.0162. The average molecular weight is 599 g/mol. The molecule has 236 valence electrons. The van der Waals surface area contributed by atoms with Crippen LogP contribution in [0.15, 0.2) is 30.3 Å². The van der Waals surface area contributed by atoms with Gasteiger partial charge in [0, 0.05) is 13.5 Å². The fraction of sp³-hybridized carbons (Fsp3) is 0.606. The first-order valence-electron chi connectivity index (χ1n) is 14.9. The number of carboxylic acids is 1. The van der Waals surface area contributed by atoms with E-state index in [0.717, 1.165) is 46.9 Å². The van der Waals surface area contributed by atoms with Gasteiger partial charge in [0.2, 0.25) is 5.91 Å². The SMILES string of the molecule is COCO[C@@]12C[C@@H](C(=O)O)N(C1)C(=O)[C@H](C(C)(C)C)NC(=O)OCCC(C)(C)CCCc1cc3cc2ccc3cc1OC. The zero-order valence-electron chi connectivity index (χ0n) is 26.5. The van der Waals surface area contributed by atoms with E-state index in [2.05, 4.69) is 25.2 Å². The number of alkyl carbamates (subject to hydrolysis) is 1. The number of hydrogen-bond acceptors (Lipinski definition) is 7. The summed E-state index contributed by atoms with van der Waals surface area (Å²) >= 11 is 0. The Balaban J connectivity index is 1.86. The zero-order chi connectivity index (χ0) is 31.6. The summed E-state index contributed by atoms with van der Waals surface area (Å²) in [5.74, 6) is -0.847. The Kier molecular flexibility index (Phi) is 9.61.